The predicted octanol–water partition coefficient (Wildman–Crippen LogP) is 2.08. The van der Waals surface area contributed by atoms with E-state index in [-0.39, 0.29) is 5.91 Å². The van der Waals surface area contributed by atoms with Crippen LogP contribution in [0.3, 0.4) is 0 Å². The van der Waals surface area contributed by atoms with Crippen LogP contribution in [0.25, 0.3) is 5.65 Å². The molecule has 1 aromatic carbocycles. The van der Waals surface area contributed by atoms with E-state index in [1.54, 1.807) is 19.1 Å². The van der Waals surface area contributed by atoms with Gasteiger partial charge in [-0.1, -0.05) is 18.2 Å². The number of carbonyl (C=O) groups is 2. The number of rotatable bonds is 3. The van der Waals surface area contributed by atoms with Crippen molar-refractivity contribution in [2.45, 2.75) is 6.92 Å². The second-order valence-electron chi connectivity index (χ2n) is 4.86. The summed E-state index contributed by atoms with van der Waals surface area (Å²) in [5.74, 6) is -0.813. The molecular weight excluding hydrogens is 296 g/mol. The van der Waals surface area contributed by atoms with Gasteiger partial charge in [0.2, 0.25) is 0 Å². The summed E-state index contributed by atoms with van der Waals surface area (Å²) in [6.07, 6.45) is 2.81. The first-order chi connectivity index (χ1) is 11.1. The van der Waals surface area contributed by atoms with Crippen LogP contribution in [0.1, 0.15) is 26.4 Å². The van der Waals surface area contributed by atoms with Gasteiger partial charge in [0.25, 0.3) is 5.91 Å². The Bertz CT molecular complexity index is 887. The number of amides is 1. The number of anilines is 1. The standard InChI is InChI=1S/C16H14N4O3/c1-10-12(16(22)23-2)8-17-14-13(9-18-20(10)14)15(21)19-11-6-4-3-5-7-11/h3-9H,1-2H3,(H,19,21). The number of para-hydroxylation sites is 1. The van der Waals surface area contributed by atoms with Crippen LogP contribution >= 0.6 is 0 Å². The Balaban J connectivity index is 1.98. The molecule has 0 spiro atoms. The molecule has 0 bridgehead atoms. The van der Waals surface area contributed by atoms with E-state index in [2.05, 4.69) is 15.4 Å². The Morgan fingerprint density at radius 3 is 2.57 bits per heavy atom. The molecule has 2 heterocycles. The van der Waals surface area contributed by atoms with Gasteiger partial charge in [-0.25, -0.2) is 14.3 Å². The molecule has 0 aliphatic carbocycles. The molecule has 3 aromatic rings. The molecule has 7 heteroatoms. The van der Waals surface area contributed by atoms with E-state index in [0.29, 0.717) is 28.2 Å². The second-order valence-corrected chi connectivity index (χ2v) is 4.86. The van der Waals surface area contributed by atoms with E-state index < -0.39 is 5.97 Å². The molecule has 0 saturated carbocycles. The van der Waals surface area contributed by atoms with E-state index in [1.807, 2.05) is 18.2 Å². The fourth-order valence-electron chi connectivity index (χ4n) is 2.24. The molecule has 0 saturated heterocycles. The lowest BCUT2D eigenvalue weighted by molar-refractivity contribution is 0.0598. The van der Waals surface area contributed by atoms with Crippen molar-refractivity contribution < 1.29 is 14.3 Å². The molecule has 0 aliphatic rings. The highest BCUT2D eigenvalue weighted by atomic mass is 16.5. The number of fused-ring (bicyclic) bond motifs is 1. The van der Waals surface area contributed by atoms with E-state index in [1.165, 1.54) is 24.0 Å². The van der Waals surface area contributed by atoms with Crippen molar-refractivity contribution in [2.24, 2.45) is 0 Å². The first-order valence-electron chi connectivity index (χ1n) is 6.90. The first kappa shape index (κ1) is 14.7. The molecule has 2 aromatic heterocycles. The lowest BCUT2D eigenvalue weighted by Crippen LogP contribution is -2.13. The molecule has 116 valence electrons. The fourth-order valence-corrected chi connectivity index (χ4v) is 2.24. The van der Waals surface area contributed by atoms with Crippen molar-refractivity contribution in [3.63, 3.8) is 0 Å². The van der Waals surface area contributed by atoms with Crippen molar-refractivity contribution in [3.05, 3.63) is 59.5 Å². The van der Waals surface area contributed by atoms with Crippen molar-refractivity contribution in [1.29, 1.82) is 0 Å². The minimum absolute atomic E-state index is 0.304. The lowest BCUT2D eigenvalue weighted by Gasteiger charge is -2.06. The number of methoxy groups -OCH3 is 1. The largest absolute Gasteiger partial charge is 0.465 e. The van der Waals surface area contributed by atoms with Crippen LogP contribution < -0.4 is 5.32 Å². The zero-order chi connectivity index (χ0) is 16.4. The average molecular weight is 310 g/mol. The molecular formula is C16H14N4O3. The Morgan fingerprint density at radius 1 is 1.13 bits per heavy atom. The molecule has 0 aliphatic heterocycles. The second kappa shape index (κ2) is 5.88. The highest BCUT2D eigenvalue weighted by Crippen LogP contribution is 2.16. The van der Waals surface area contributed by atoms with E-state index in [9.17, 15) is 9.59 Å². The predicted molar refractivity (Wildman–Crippen MR) is 83.5 cm³/mol. The molecule has 0 fully saturated rings. The summed E-state index contributed by atoms with van der Waals surface area (Å²) in [5, 5.41) is 6.92. The lowest BCUT2D eigenvalue weighted by atomic mass is 10.2. The van der Waals surface area contributed by atoms with Gasteiger partial charge in [-0.15, -0.1) is 0 Å². The summed E-state index contributed by atoms with van der Waals surface area (Å²) in [5.41, 5.74) is 2.25. The van der Waals surface area contributed by atoms with Gasteiger partial charge in [-0.05, 0) is 19.1 Å². The summed E-state index contributed by atoms with van der Waals surface area (Å²) in [4.78, 5) is 28.2. The van der Waals surface area contributed by atoms with Crippen molar-refractivity contribution in [1.82, 2.24) is 14.6 Å². The highest BCUT2D eigenvalue weighted by Gasteiger charge is 2.19. The number of esters is 1. The van der Waals surface area contributed by atoms with Gasteiger partial charge in [-0.3, -0.25) is 4.79 Å². The summed E-state index contributed by atoms with van der Waals surface area (Å²) >= 11 is 0. The van der Waals surface area contributed by atoms with Crippen molar-refractivity contribution >= 4 is 23.2 Å². The van der Waals surface area contributed by atoms with Crippen LogP contribution in [0, 0.1) is 6.92 Å². The van der Waals surface area contributed by atoms with Gasteiger partial charge >= 0.3 is 5.97 Å². The Morgan fingerprint density at radius 2 is 1.87 bits per heavy atom. The van der Waals surface area contributed by atoms with Gasteiger partial charge < -0.3 is 10.1 Å². The van der Waals surface area contributed by atoms with Crippen molar-refractivity contribution in [3.8, 4) is 0 Å². The quantitative estimate of drug-likeness (QED) is 0.749. The summed E-state index contributed by atoms with van der Waals surface area (Å²) < 4.78 is 6.15. The maximum absolute atomic E-state index is 12.4. The van der Waals surface area contributed by atoms with Gasteiger partial charge in [0.15, 0.2) is 5.65 Å². The van der Waals surface area contributed by atoms with Crippen molar-refractivity contribution in [2.75, 3.05) is 12.4 Å². The van der Waals surface area contributed by atoms with E-state index >= 15 is 0 Å². The van der Waals surface area contributed by atoms with Crippen LogP contribution in [0.4, 0.5) is 5.69 Å². The number of ether oxygens (including phenoxy) is 1. The number of nitrogens with zero attached hydrogens (tertiary/aromatic N) is 3. The zero-order valence-corrected chi connectivity index (χ0v) is 12.6. The minimum atomic E-state index is -0.498. The van der Waals surface area contributed by atoms with Gasteiger partial charge in [0, 0.05) is 11.9 Å². The Labute approximate surface area is 131 Å². The first-order valence-corrected chi connectivity index (χ1v) is 6.90. The third kappa shape index (κ3) is 2.64. The molecule has 0 atom stereocenters. The highest BCUT2D eigenvalue weighted by molar-refractivity contribution is 6.08. The van der Waals surface area contributed by atoms with Crippen LogP contribution in [0.5, 0.6) is 0 Å². The minimum Gasteiger partial charge on any atom is -0.465 e. The summed E-state index contributed by atoms with van der Waals surface area (Å²) in [6.45, 7) is 1.72. The molecule has 23 heavy (non-hydrogen) atoms. The molecule has 1 N–H and O–H groups in total. The van der Waals surface area contributed by atoms with Gasteiger partial charge in [0.1, 0.15) is 5.56 Å². The molecule has 1 amide bonds. The van der Waals surface area contributed by atoms with E-state index in [0.717, 1.165) is 0 Å². The monoisotopic (exact) mass is 310 g/mol. The van der Waals surface area contributed by atoms with Crippen LogP contribution in [-0.4, -0.2) is 33.6 Å². The number of carbonyl (C=O) groups excluding carboxylic acids is 2. The average Bonchev–Trinajstić information content (AvgIpc) is 3.00. The number of benzene rings is 1. The fraction of sp³-hybridized carbons (Fsp3) is 0.125. The maximum Gasteiger partial charge on any atom is 0.341 e. The zero-order valence-electron chi connectivity index (χ0n) is 12.6. The topological polar surface area (TPSA) is 85.6 Å². The number of aryl methyl sites for hydroxylation is 1. The summed E-state index contributed by atoms with van der Waals surface area (Å²) in [6, 6.07) is 9.10. The third-order valence-electron chi connectivity index (χ3n) is 3.45. The number of hydrogen-bond donors (Lipinski definition) is 1. The smallest absolute Gasteiger partial charge is 0.341 e. The molecule has 3 rings (SSSR count). The molecule has 0 radical (unpaired) electrons. The van der Waals surface area contributed by atoms with Gasteiger partial charge in [0.05, 0.1) is 24.6 Å². The molecule has 7 nitrogen and oxygen atoms in total. The van der Waals surface area contributed by atoms with Gasteiger partial charge in [-0.2, -0.15) is 5.10 Å². The van der Waals surface area contributed by atoms with Crippen LogP contribution in [-0.2, 0) is 4.74 Å². The van der Waals surface area contributed by atoms with Crippen LogP contribution in [0.15, 0.2) is 42.7 Å². The Hall–Kier alpha value is -3.22. The SMILES string of the molecule is COC(=O)c1cnc2c(C(=O)Nc3ccccc3)cnn2c1C. The molecule has 0 unspecified atom stereocenters. The number of aromatic nitrogens is 3. The number of hydrogen-bond acceptors (Lipinski definition) is 5. The normalized spacial score (nSPS) is 10.5. The van der Waals surface area contributed by atoms with Crippen LogP contribution in [0.2, 0.25) is 0 Å². The number of nitrogens with one attached hydrogen (secondary N) is 1. The maximum atomic E-state index is 12.4. The third-order valence-corrected chi connectivity index (χ3v) is 3.45. The Kier molecular flexibility index (Phi) is 3.76. The summed E-state index contributed by atoms with van der Waals surface area (Å²) in [7, 11) is 1.30. The van der Waals surface area contributed by atoms with E-state index in [4.69, 9.17) is 4.74 Å².